The van der Waals surface area contributed by atoms with Crippen molar-refractivity contribution < 1.29 is 34.1 Å². The van der Waals surface area contributed by atoms with Crippen molar-refractivity contribution in [3.05, 3.63) is 132 Å². The van der Waals surface area contributed by atoms with Gasteiger partial charge in [-0.05, 0) is 60.0 Å². The Hall–Kier alpha value is -5.29. The van der Waals surface area contributed by atoms with Crippen molar-refractivity contribution in [2.24, 2.45) is 0 Å². The van der Waals surface area contributed by atoms with Crippen molar-refractivity contribution in [3.63, 3.8) is 0 Å². The molecule has 0 radical (unpaired) electrons. The molecule has 0 bridgehead atoms. The van der Waals surface area contributed by atoms with Gasteiger partial charge < -0.3 is 24.5 Å². The lowest BCUT2D eigenvalue weighted by molar-refractivity contribution is -0.146. The summed E-state index contributed by atoms with van der Waals surface area (Å²) in [5, 5.41) is 22.0. The number of ether oxygens (including phenoxy) is 2. The minimum Gasteiger partial charge on any atom is -0.491 e. The highest BCUT2D eigenvalue weighted by Gasteiger charge is 2.22. The minimum absolute atomic E-state index is 0.103. The number of amides is 1. The molecule has 2 atom stereocenters. The van der Waals surface area contributed by atoms with Crippen molar-refractivity contribution >= 4 is 22.8 Å². The predicted molar refractivity (Wildman–Crippen MR) is 177 cm³/mol. The smallest absolute Gasteiger partial charge is 0.329 e. The van der Waals surface area contributed by atoms with E-state index in [0.29, 0.717) is 47.7 Å². The zero-order chi connectivity index (χ0) is 33.0. The third-order valence-corrected chi connectivity index (χ3v) is 7.47. The average molecular weight is 636 g/mol. The maximum absolute atomic E-state index is 12.6. The summed E-state index contributed by atoms with van der Waals surface area (Å²) in [6, 6.07) is 33.4. The third-order valence-electron chi connectivity index (χ3n) is 7.47. The van der Waals surface area contributed by atoms with Crippen LogP contribution >= 0.6 is 0 Å². The molecule has 10 nitrogen and oxygen atoms in total. The summed E-state index contributed by atoms with van der Waals surface area (Å²) in [7, 11) is 0. The summed E-state index contributed by atoms with van der Waals surface area (Å²) in [5.74, 6) is 0.521. The van der Waals surface area contributed by atoms with Gasteiger partial charge in [-0.25, -0.2) is 0 Å². The van der Waals surface area contributed by atoms with Gasteiger partial charge in [0.05, 0.1) is 17.7 Å². The van der Waals surface area contributed by atoms with E-state index in [1.54, 1.807) is 30.5 Å². The van der Waals surface area contributed by atoms with Gasteiger partial charge in [-0.2, -0.15) is 5.48 Å². The van der Waals surface area contributed by atoms with Crippen LogP contribution in [0.15, 0.2) is 115 Å². The molecule has 242 valence electrons. The molecule has 0 saturated heterocycles. The van der Waals surface area contributed by atoms with Gasteiger partial charge in [0, 0.05) is 37.6 Å². The second-order valence-corrected chi connectivity index (χ2v) is 11.0. The van der Waals surface area contributed by atoms with E-state index in [1.807, 2.05) is 84.9 Å². The number of para-hydroxylation sites is 2. The zero-order valence-electron chi connectivity index (χ0n) is 26.0. The average Bonchev–Trinajstić information content (AvgIpc) is 3.10. The van der Waals surface area contributed by atoms with Gasteiger partial charge in [-0.1, -0.05) is 66.7 Å². The minimum atomic E-state index is -0.771. The lowest BCUT2D eigenvalue weighted by atomic mass is 10.0. The van der Waals surface area contributed by atoms with Crippen molar-refractivity contribution in [1.82, 2.24) is 15.4 Å². The van der Waals surface area contributed by atoms with E-state index >= 15 is 0 Å². The molecule has 4 aromatic carbocycles. The number of nitrogens with zero attached hydrogens (tertiary/aromatic N) is 2. The van der Waals surface area contributed by atoms with Gasteiger partial charge in [-0.3, -0.25) is 19.5 Å². The van der Waals surface area contributed by atoms with E-state index in [1.165, 1.54) is 6.92 Å². The fourth-order valence-electron chi connectivity index (χ4n) is 5.19. The molecule has 0 unspecified atom stereocenters. The number of hydroxylamine groups is 1. The molecule has 5 rings (SSSR count). The fourth-order valence-corrected chi connectivity index (χ4v) is 5.19. The molecule has 5 aromatic rings. The van der Waals surface area contributed by atoms with Gasteiger partial charge in [-0.15, -0.1) is 0 Å². The summed E-state index contributed by atoms with van der Waals surface area (Å²) < 4.78 is 12.0. The molecule has 47 heavy (non-hydrogen) atoms. The highest BCUT2D eigenvalue weighted by molar-refractivity contribution is 6.06. The van der Waals surface area contributed by atoms with Gasteiger partial charge in [0.25, 0.3) is 5.91 Å². The van der Waals surface area contributed by atoms with Crippen LogP contribution < -0.4 is 15.0 Å². The molecule has 0 spiro atoms. The monoisotopic (exact) mass is 635 g/mol. The first-order valence-electron chi connectivity index (χ1n) is 15.3. The second-order valence-electron chi connectivity index (χ2n) is 11.0. The predicted octanol–water partition coefficient (Wildman–Crippen LogP) is 5.08. The lowest BCUT2D eigenvalue weighted by Crippen LogP contribution is -2.44. The standard InChI is InChI=1S/C37H37N3O7/c1-26(42)47-39-37(44)34-14-8-13-33-35(19-20-38-36(33)34)46-32-17-15-27(16-18-32)21-29(24-41)40(22-28-9-4-2-5-10-28)23-30(43)25-45-31-11-6-3-7-12-31/h2-20,29-30,41,43H,21-25H2,1H3,(H,39,44)/t29-,30-/m0/s1. The number of carbonyl (C=O) groups is 2. The molecular formula is C37H37N3O7. The molecule has 0 aliphatic rings. The second kappa shape index (κ2) is 16.3. The first kappa shape index (κ1) is 33.1. The van der Waals surface area contributed by atoms with Crippen molar-refractivity contribution in [3.8, 4) is 17.2 Å². The normalized spacial score (nSPS) is 12.3. The molecular weight excluding hydrogens is 598 g/mol. The van der Waals surface area contributed by atoms with Crippen LogP contribution in [0.1, 0.15) is 28.4 Å². The number of nitrogens with one attached hydrogen (secondary N) is 1. The van der Waals surface area contributed by atoms with Crippen LogP contribution in [0.3, 0.4) is 0 Å². The molecule has 10 heteroatoms. The molecule has 1 amide bonds. The van der Waals surface area contributed by atoms with Gasteiger partial charge in [0.1, 0.15) is 30.0 Å². The zero-order valence-corrected chi connectivity index (χ0v) is 26.0. The van der Waals surface area contributed by atoms with Crippen molar-refractivity contribution in [2.75, 3.05) is 19.8 Å². The van der Waals surface area contributed by atoms with Gasteiger partial charge in [0.2, 0.25) is 0 Å². The number of aliphatic hydroxyl groups is 2. The van der Waals surface area contributed by atoms with Gasteiger partial charge in [0.15, 0.2) is 0 Å². The number of fused-ring (bicyclic) bond motifs is 1. The molecule has 0 aliphatic carbocycles. The number of pyridine rings is 1. The van der Waals surface area contributed by atoms with E-state index in [4.69, 9.17) is 9.47 Å². The maximum atomic E-state index is 12.6. The van der Waals surface area contributed by atoms with E-state index in [2.05, 4.69) is 20.2 Å². The number of carbonyl (C=O) groups excluding carboxylic acids is 2. The molecule has 0 saturated carbocycles. The quantitative estimate of drug-likeness (QED) is 0.143. The number of hydrogen-bond acceptors (Lipinski definition) is 9. The van der Waals surface area contributed by atoms with E-state index < -0.39 is 18.0 Å². The first-order valence-corrected chi connectivity index (χ1v) is 15.3. The van der Waals surface area contributed by atoms with Crippen LogP contribution in [-0.4, -0.2) is 63.9 Å². The molecule has 0 fully saturated rings. The fraction of sp³-hybridized carbons (Fsp3) is 0.216. The molecule has 1 heterocycles. The van der Waals surface area contributed by atoms with E-state index in [-0.39, 0.29) is 24.8 Å². The molecule has 3 N–H and O–H groups in total. The number of rotatable bonds is 14. The summed E-state index contributed by atoms with van der Waals surface area (Å²) in [4.78, 5) is 34.8. The summed E-state index contributed by atoms with van der Waals surface area (Å²) in [6.45, 7) is 2.07. The number of aliphatic hydroxyl groups excluding tert-OH is 2. The Morgan fingerprint density at radius 1 is 0.851 bits per heavy atom. The number of aromatic nitrogens is 1. The summed E-state index contributed by atoms with van der Waals surface area (Å²) in [6.07, 6.45) is 1.31. The van der Waals surface area contributed by atoms with Gasteiger partial charge >= 0.3 is 5.97 Å². The van der Waals surface area contributed by atoms with Crippen LogP contribution in [0.4, 0.5) is 0 Å². The first-order chi connectivity index (χ1) is 22.9. The SMILES string of the molecule is CC(=O)ONC(=O)c1cccc2c(Oc3ccc(C[C@@H](CO)N(Cc4ccccc4)C[C@H](O)COc4ccccc4)cc3)ccnc12. The Bertz CT molecular complexity index is 1750. The Labute approximate surface area is 273 Å². The summed E-state index contributed by atoms with van der Waals surface area (Å²) >= 11 is 0. The van der Waals surface area contributed by atoms with Crippen LogP contribution in [-0.2, 0) is 22.6 Å². The van der Waals surface area contributed by atoms with Crippen LogP contribution in [0.2, 0.25) is 0 Å². The summed E-state index contributed by atoms with van der Waals surface area (Å²) in [5.41, 5.74) is 4.80. The highest BCUT2D eigenvalue weighted by atomic mass is 16.7. The van der Waals surface area contributed by atoms with Crippen LogP contribution in [0.25, 0.3) is 10.9 Å². The topological polar surface area (TPSA) is 130 Å². The van der Waals surface area contributed by atoms with E-state index in [0.717, 1.165) is 11.1 Å². The number of benzene rings is 4. The van der Waals surface area contributed by atoms with Crippen LogP contribution in [0, 0.1) is 0 Å². The lowest BCUT2D eigenvalue weighted by Gasteiger charge is -2.32. The van der Waals surface area contributed by atoms with E-state index in [9.17, 15) is 19.8 Å². The maximum Gasteiger partial charge on any atom is 0.329 e. The Morgan fingerprint density at radius 3 is 2.28 bits per heavy atom. The Kier molecular flexibility index (Phi) is 11.5. The van der Waals surface area contributed by atoms with Crippen molar-refractivity contribution in [1.29, 1.82) is 0 Å². The largest absolute Gasteiger partial charge is 0.491 e. The van der Waals surface area contributed by atoms with Crippen LogP contribution in [0.5, 0.6) is 17.2 Å². The van der Waals surface area contributed by atoms with Crippen molar-refractivity contribution in [2.45, 2.75) is 32.0 Å². The Balaban J connectivity index is 1.27. The Morgan fingerprint density at radius 2 is 1.57 bits per heavy atom. The molecule has 0 aliphatic heterocycles. The number of hydrogen-bond donors (Lipinski definition) is 3. The highest BCUT2D eigenvalue weighted by Crippen LogP contribution is 2.31. The molecule has 1 aromatic heterocycles. The third kappa shape index (κ3) is 9.36.